The van der Waals surface area contributed by atoms with Crippen molar-refractivity contribution in [3.05, 3.63) is 91.0 Å². The zero-order chi connectivity index (χ0) is 20.1. The topological polar surface area (TPSA) is 77.1 Å². The fraction of sp³-hybridized carbons (Fsp3) is 0.0455. The summed E-state index contributed by atoms with van der Waals surface area (Å²) in [5, 5.41) is 3.25. The predicted octanol–water partition coefficient (Wildman–Crippen LogP) is 4.56. The van der Waals surface area contributed by atoms with E-state index in [1.165, 1.54) is 22.6 Å². The van der Waals surface area contributed by atoms with Crippen molar-refractivity contribution in [2.45, 2.75) is 5.16 Å². The van der Waals surface area contributed by atoms with Gasteiger partial charge in [-0.05, 0) is 24.3 Å². The highest BCUT2D eigenvalue weighted by Gasteiger charge is 2.22. The number of aromatic nitrogens is 2. The third kappa shape index (κ3) is 4.30. The maximum Gasteiger partial charge on any atom is 0.300 e. The summed E-state index contributed by atoms with van der Waals surface area (Å²) in [5.41, 5.74) is 2.21. The molecule has 6 nitrogen and oxygen atoms in total. The van der Waals surface area contributed by atoms with Crippen molar-refractivity contribution in [3.8, 4) is 11.3 Å². The summed E-state index contributed by atoms with van der Waals surface area (Å²) in [4.78, 5) is 29.7. The molecule has 4 aromatic rings. The lowest BCUT2D eigenvalue weighted by Crippen LogP contribution is -2.17. The number of para-hydroxylation sites is 1. The Balaban J connectivity index is 1.59. The van der Waals surface area contributed by atoms with Crippen LogP contribution in [0.15, 0.2) is 94.8 Å². The van der Waals surface area contributed by atoms with E-state index in [1.54, 1.807) is 18.3 Å². The van der Waals surface area contributed by atoms with E-state index < -0.39 is 0 Å². The average Bonchev–Trinajstić information content (AvgIpc) is 3.43. The van der Waals surface area contributed by atoms with Crippen LogP contribution in [0.3, 0.4) is 0 Å². The summed E-state index contributed by atoms with van der Waals surface area (Å²) >= 11 is 1.19. The van der Waals surface area contributed by atoms with Gasteiger partial charge in [0.05, 0.1) is 23.9 Å². The summed E-state index contributed by atoms with van der Waals surface area (Å²) in [5.74, 6) is -0.193. The van der Waals surface area contributed by atoms with Crippen LogP contribution in [0.4, 0.5) is 5.69 Å². The molecule has 0 aliphatic rings. The molecule has 0 fully saturated rings. The second-order valence-electron chi connectivity index (χ2n) is 6.11. The Bertz CT molecular complexity index is 1110. The first-order chi connectivity index (χ1) is 14.2. The molecule has 1 amide bonds. The second kappa shape index (κ2) is 8.62. The first kappa shape index (κ1) is 18.8. The summed E-state index contributed by atoms with van der Waals surface area (Å²) in [7, 11) is 0. The number of rotatable bonds is 6. The van der Waals surface area contributed by atoms with Gasteiger partial charge in [-0.25, -0.2) is 4.98 Å². The SMILES string of the molecule is O=C(CSc1ncc(-c2ccccc2)n1C(=O)c1ccco1)Nc1ccccc1. The fourth-order valence-electron chi connectivity index (χ4n) is 2.80. The highest BCUT2D eigenvalue weighted by atomic mass is 32.2. The molecule has 0 spiro atoms. The molecule has 144 valence electrons. The number of furan rings is 1. The average molecular weight is 403 g/mol. The molecule has 7 heteroatoms. The van der Waals surface area contributed by atoms with Gasteiger partial charge in [-0.1, -0.05) is 60.3 Å². The van der Waals surface area contributed by atoms with E-state index in [4.69, 9.17) is 4.42 Å². The molecule has 0 atom stereocenters. The number of hydrogen-bond acceptors (Lipinski definition) is 5. The van der Waals surface area contributed by atoms with Crippen molar-refractivity contribution >= 4 is 29.3 Å². The van der Waals surface area contributed by atoms with Crippen LogP contribution in [0.5, 0.6) is 0 Å². The van der Waals surface area contributed by atoms with Crippen LogP contribution in [0.25, 0.3) is 11.3 Å². The number of hydrogen-bond donors (Lipinski definition) is 1. The number of anilines is 1. The van der Waals surface area contributed by atoms with E-state index in [1.807, 2.05) is 60.7 Å². The van der Waals surface area contributed by atoms with E-state index in [-0.39, 0.29) is 23.3 Å². The van der Waals surface area contributed by atoms with Crippen LogP contribution < -0.4 is 5.32 Å². The molecule has 0 radical (unpaired) electrons. The van der Waals surface area contributed by atoms with Gasteiger partial charge in [0.25, 0.3) is 5.91 Å². The Kier molecular flexibility index (Phi) is 5.58. The smallest absolute Gasteiger partial charge is 0.300 e. The van der Waals surface area contributed by atoms with Gasteiger partial charge in [0, 0.05) is 11.3 Å². The number of carbonyl (C=O) groups excluding carboxylic acids is 2. The zero-order valence-corrected chi connectivity index (χ0v) is 16.1. The van der Waals surface area contributed by atoms with Crippen LogP contribution in [-0.2, 0) is 4.79 Å². The summed E-state index contributed by atoms with van der Waals surface area (Å²) in [6, 6.07) is 22.0. The van der Waals surface area contributed by atoms with Gasteiger partial charge in [-0.3, -0.25) is 14.2 Å². The molecule has 0 unspecified atom stereocenters. The molecule has 2 heterocycles. The molecule has 0 saturated heterocycles. The first-order valence-corrected chi connectivity index (χ1v) is 9.90. The second-order valence-corrected chi connectivity index (χ2v) is 7.06. The Hall–Kier alpha value is -3.58. The maximum absolute atomic E-state index is 13.0. The van der Waals surface area contributed by atoms with Gasteiger partial charge >= 0.3 is 0 Å². The van der Waals surface area contributed by atoms with Gasteiger partial charge < -0.3 is 9.73 Å². The van der Waals surface area contributed by atoms with Gasteiger partial charge in [0.1, 0.15) is 0 Å². The normalized spacial score (nSPS) is 10.6. The number of imidazole rings is 1. The fourth-order valence-corrected chi connectivity index (χ4v) is 3.57. The Morgan fingerprint density at radius 2 is 1.69 bits per heavy atom. The predicted molar refractivity (Wildman–Crippen MR) is 112 cm³/mol. The Morgan fingerprint density at radius 3 is 2.38 bits per heavy atom. The van der Waals surface area contributed by atoms with Crippen molar-refractivity contribution < 1.29 is 14.0 Å². The van der Waals surface area contributed by atoms with E-state index in [0.717, 1.165) is 11.3 Å². The lowest BCUT2D eigenvalue weighted by atomic mass is 10.2. The molecule has 29 heavy (non-hydrogen) atoms. The third-order valence-corrected chi connectivity index (χ3v) is 5.08. The minimum atomic E-state index is -0.336. The van der Waals surface area contributed by atoms with Crippen LogP contribution in [0, 0.1) is 0 Å². The number of carbonyl (C=O) groups is 2. The van der Waals surface area contributed by atoms with Crippen molar-refractivity contribution in [1.29, 1.82) is 0 Å². The first-order valence-electron chi connectivity index (χ1n) is 8.91. The van der Waals surface area contributed by atoms with E-state index >= 15 is 0 Å². The number of thioether (sulfide) groups is 1. The van der Waals surface area contributed by atoms with Crippen LogP contribution in [0.2, 0.25) is 0 Å². The standard InChI is InChI=1S/C22H17N3O3S/c26-20(24-17-10-5-2-6-11-17)15-29-22-23-14-18(16-8-3-1-4-9-16)25(22)21(27)19-12-7-13-28-19/h1-14H,15H2,(H,24,26). The maximum atomic E-state index is 13.0. The highest BCUT2D eigenvalue weighted by molar-refractivity contribution is 7.99. The molecule has 2 aromatic carbocycles. The number of nitrogens with zero attached hydrogens (tertiary/aromatic N) is 2. The molecule has 4 rings (SSSR count). The minimum absolute atomic E-state index is 0.117. The largest absolute Gasteiger partial charge is 0.459 e. The highest BCUT2D eigenvalue weighted by Crippen LogP contribution is 2.27. The quantitative estimate of drug-likeness (QED) is 0.478. The monoisotopic (exact) mass is 403 g/mol. The molecule has 0 bridgehead atoms. The van der Waals surface area contributed by atoms with E-state index in [9.17, 15) is 9.59 Å². The molecule has 0 aliphatic carbocycles. The third-order valence-electron chi connectivity index (χ3n) is 4.12. The van der Waals surface area contributed by atoms with Crippen molar-refractivity contribution in [3.63, 3.8) is 0 Å². The van der Waals surface area contributed by atoms with Crippen LogP contribution in [-0.4, -0.2) is 27.1 Å². The molecule has 1 N–H and O–H groups in total. The Morgan fingerprint density at radius 1 is 0.966 bits per heavy atom. The van der Waals surface area contributed by atoms with Crippen molar-refractivity contribution in [1.82, 2.24) is 9.55 Å². The summed E-state index contributed by atoms with van der Waals surface area (Å²) in [6.07, 6.45) is 3.08. The summed E-state index contributed by atoms with van der Waals surface area (Å²) < 4.78 is 6.76. The minimum Gasteiger partial charge on any atom is -0.459 e. The van der Waals surface area contributed by atoms with E-state index in [2.05, 4.69) is 10.3 Å². The van der Waals surface area contributed by atoms with Crippen molar-refractivity contribution in [2.75, 3.05) is 11.1 Å². The Labute approximate surface area is 171 Å². The molecular weight excluding hydrogens is 386 g/mol. The van der Waals surface area contributed by atoms with Gasteiger partial charge in [-0.2, -0.15) is 0 Å². The number of benzene rings is 2. The van der Waals surface area contributed by atoms with Crippen LogP contribution >= 0.6 is 11.8 Å². The molecule has 0 aliphatic heterocycles. The van der Waals surface area contributed by atoms with Crippen molar-refractivity contribution in [2.24, 2.45) is 0 Å². The molecule has 2 aromatic heterocycles. The lowest BCUT2D eigenvalue weighted by molar-refractivity contribution is -0.113. The lowest BCUT2D eigenvalue weighted by Gasteiger charge is -2.09. The number of nitrogens with one attached hydrogen (secondary N) is 1. The van der Waals surface area contributed by atoms with Crippen LogP contribution in [0.1, 0.15) is 10.6 Å². The van der Waals surface area contributed by atoms with Gasteiger partial charge in [0.15, 0.2) is 10.9 Å². The molecular formula is C22H17N3O3S. The van der Waals surface area contributed by atoms with Gasteiger partial charge in [-0.15, -0.1) is 0 Å². The molecule has 0 saturated carbocycles. The zero-order valence-electron chi connectivity index (χ0n) is 15.3. The van der Waals surface area contributed by atoms with Gasteiger partial charge in [0.2, 0.25) is 5.91 Å². The van der Waals surface area contributed by atoms with E-state index in [0.29, 0.717) is 10.9 Å². The summed E-state index contributed by atoms with van der Waals surface area (Å²) in [6.45, 7) is 0. The number of amides is 1.